The quantitative estimate of drug-likeness (QED) is 0.600. The van der Waals surface area contributed by atoms with Crippen LogP contribution in [0.15, 0.2) is 58.3 Å². The standard InChI is InChI=1S/C17H18N2O4/c1-2-21-15-9-3-4-10-16(15)23-13-17(20)19-18-11-5-7-14-8-6-12-22-14/h3-12H,2,13H2,1H3,(H,19,20)/b7-5+,18-11-. The van der Waals surface area contributed by atoms with E-state index >= 15 is 0 Å². The molecule has 1 N–H and O–H groups in total. The number of hydrazone groups is 1. The molecule has 0 radical (unpaired) electrons. The van der Waals surface area contributed by atoms with Crippen LogP contribution in [0.3, 0.4) is 0 Å². The molecule has 0 aliphatic carbocycles. The van der Waals surface area contributed by atoms with Crippen LogP contribution in [0.5, 0.6) is 11.5 Å². The highest BCUT2D eigenvalue weighted by molar-refractivity contribution is 5.81. The number of carbonyl (C=O) groups excluding carboxylic acids is 1. The first-order chi connectivity index (χ1) is 11.3. The molecule has 2 rings (SSSR count). The summed E-state index contributed by atoms with van der Waals surface area (Å²) in [6.45, 7) is 2.26. The number of para-hydroxylation sites is 2. The van der Waals surface area contributed by atoms with Gasteiger partial charge in [-0.25, -0.2) is 5.43 Å². The first kappa shape index (κ1) is 16.4. The number of amides is 1. The van der Waals surface area contributed by atoms with Gasteiger partial charge in [0.15, 0.2) is 18.1 Å². The van der Waals surface area contributed by atoms with Crippen molar-refractivity contribution in [2.45, 2.75) is 6.92 Å². The molecule has 0 bridgehead atoms. The van der Waals surface area contributed by atoms with Crippen LogP contribution >= 0.6 is 0 Å². The van der Waals surface area contributed by atoms with Crippen molar-refractivity contribution in [2.75, 3.05) is 13.2 Å². The molecule has 0 aliphatic rings. The molecule has 0 atom stereocenters. The SMILES string of the molecule is CCOc1ccccc1OCC(=O)N/N=C\C=C\c1ccco1. The average Bonchev–Trinajstić information content (AvgIpc) is 3.07. The van der Waals surface area contributed by atoms with E-state index in [4.69, 9.17) is 13.9 Å². The zero-order valence-corrected chi connectivity index (χ0v) is 12.8. The van der Waals surface area contributed by atoms with E-state index < -0.39 is 0 Å². The molecule has 1 aromatic carbocycles. The highest BCUT2D eigenvalue weighted by Crippen LogP contribution is 2.26. The van der Waals surface area contributed by atoms with Crippen LogP contribution in [-0.2, 0) is 4.79 Å². The predicted octanol–water partition coefficient (Wildman–Crippen LogP) is 2.87. The number of hydrogen-bond acceptors (Lipinski definition) is 5. The fourth-order valence-corrected chi connectivity index (χ4v) is 1.70. The summed E-state index contributed by atoms with van der Waals surface area (Å²) in [7, 11) is 0. The molecule has 0 spiro atoms. The van der Waals surface area contributed by atoms with Gasteiger partial charge in [0, 0.05) is 6.21 Å². The van der Waals surface area contributed by atoms with Gasteiger partial charge in [-0.2, -0.15) is 5.10 Å². The smallest absolute Gasteiger partial charge is 0.277 e. The average molecular weight is 314 g/mol. The van der Waals surface area contributed by atoms with Crippen molar-refractivity contribution in [3.8, 4) is 11.5 Å². The van der Waals surface area contributed by atoms with Crippen molar-refractivity contribution >= 4 is 18.2 Å². The molecule has 0 fully saturated rings. The number of carbonyl (C=O) groups is 1. The summed E-state index contributed by atoms with van der Waals surface area (Å²) in [5.74, 6) is 1.47. The molecule has 0 aliphatic heterocycles. The minimum atomic E-state index is -0.362. The molecule has 1 heterocycles. The van der Waals surface area contributed by atoms with E-state index in [0.29, 0.717) is 23.9 Å². The van der Waals surface area contributed by atoms with Crippen LogP contribution in [-0.4, -0.2) is 25.3 Å². The maximum Gasteiger partial charge on any atom is 0.277 e. The molecule has 1 amide bonds. The van der Waals surface area contributed by atoms with Gasteiger partial charge in [-0.3, -0.25) is 4.79 Å². The molecule has 0 unspecified atom stereocenters. The van der Waals surface area contributed by atoms with Gasteiger partial charge < -0.3 is 13.9 Å². The number of furan rings is 1. The molecule has 0 saturated heterocycles. The van der Waals surface area contributed by atoms with E-state index in [2.05, 4.69) is 10.5 Å². The Morgan fingerprint density at radius 1 is 1.22 bits per heavy atom. The lowest BCUT2D eigenvalue weighted by Gasteiger charge is -2.10. The number of allylic oxidation sites excluding steroid dienone is 1. The second-order valence-corrected chi connectivity index (χ2v) is 4.36. The maximum absolute atomic E-state index is 11.6. The van der Waals surface area contributed by atoms with Crippen molar-refractivity contribution in [1.29, 1.82) is 0 Å². The Hall–Kier alpha value is -3.02. The zero-order valence-electron chi connectivity index (χ0n) is 12.8. The van der Waals surface area contributed by atoms with Crippen LogP contribution < -0.4 is 14.9 Å². The van der Waals surface area contributed by atoms with Crippen molar-refractivity contribution in [3.63, 3.8) is 0 Å². The van der Waals surface area contributed by atoms with E-state index in [9.17, 15) is 4.79 Å². The highest BCUT2D eigenvalue weighted by Gasteiger charge is 2.06. The van der Waals surface area contributed by atoms with Gasteiger partial charge in [-0.1, -0.05) is 12.1 Å². The van der Waals surface area contributed by atoms with Gasteiger partial charge in [0.2, 0.25) is 0 Å². The molecule has 6 nitrogen and oxygen atoms in total. The molecule has 23 heavy (non-hydrogen) atoms. The summed E-state index contributed by atoms with van der Waals surface area (Å²) in [6.07, 6.45) is 6.42. The second kappa shape index (κ2) is 9.09. The summed E-state index contributed by atoms with van der Waals surface area (Å²) in [5.41, 5.74) is 2.37. The predicted molar refractivity (Wildman–Crippen MR) is 87.5 cm³/mol. The molecule has 0 saturated carbocycles. The molecular formula is C17H18N2O4. The lowest BCUT2D eigenvalue weighted by molar-refractivity contribution is -0.123. The lowest BCUT2D eigenvalue weighted by atomic mass is 10.3. The fraction of sp³-hybridized carbons (Fsp3) is 0.176. The van der Waals surface area contributed by atoms with Gasteiger partial charge in [-0.05, 0) is 43.3 Å². The van der Waals surface area contributed by atoms with Crippen molar-refractivity contribution in [3.05, 3.63) is 54.5 Å². The Labute approximate surface area is 134 Å². The monoisotopic (exact) mass is 314 g/mol. The highest BCUT2D eigenvalue weighted by atomic mass is 16.5. The zero-order chi connectivity index (χ0) is 16.3. The fourth-order valence-electron chi connectivity index (χ4n) is 1.70. The summed E-state index contributed by atoms with van der Waals surface area (Å²) in [6, 6.07) is 10.8. The first-order valence-corrected chi connectivity index (χ1v) is 7.16. The maximum atomic E-state index is 11.6. The number of nitrogens with one attached hydrogen (secondary N) is 1. The third-order valence-corrected chi connectivity index (χ3v) is 2.66. The number of ether oxygens (including phenoxy) is 2. The van der Waals surface area contributed by atoms with Gasteiger partial charge in [0.1, 0.15) is 5.76 Å². The minimum Gasteiger partial charge on any atom is -0.490 e. The van der Waals surface area contributed by atoms with Gasteiger partial charge in [-0.15, -0.1) is 0 Å². The topological polar surface area (TPSA) is 73.1 Å². The van der Waals surface area contributed by atoms with Crippen molar-refractivity contribution in [2.24, 2.45) is 5.10 Å². The Kier molecular flexibility index (Phi) is 6.46. The second-order valence-electron chi connectivity index (χ2n) is 4.36. The Morgan fingerprint density at radius 2 is 2.00 bits per heavy atom. The molecular weight excluding hydrogens is 296 g/mol. The largest absolute Gasteiger partial charge is 0.490 e. The normalized spacial score (nSPS) is 11.0. The number of nitrogens with zero attached hydrogens (tertiary/aromatic N) is 1. The molecule has 120 valence electrons. The molecule has 1 aromatic heterocycles. The number of hydrogen-bond donors (Lipinski definition) is 1. The lowest BCUT2D eigenvalue weighted by Crippen LogP contribution is -2.24. The van der Waals surface area contributed by atoms with Gasteiger partial charge >= 0.3 is 0 Å². The minimum absolute atomic E-state index is 0.149. The van der Waals surface area contributed by atoms with Crippen molar-refractivity contribution in [1.82, 2.24) is 5.43 Å². The van der Waals surface area contributed by atoms with E-state index in [0.717, 1.165) is 0 Å². The van der Waals surface area contributed by atoms with E-state index in [1.54, 1.807) is 36.6 Å². The third-order valence-electron chi connectivity index (χ3n) is 2.66. The summed E-state index contributed by atoms with van der Waals surface area (Å²) in [5, 5.41) is 3.78. The Balaban J connectivity index is 1.75. The first-order valence-electron chi connectivity index (χ1n) is 7.16. The number of rotatable bonds is 8. The third kappa shape index (κ3) is 5.70. The summed E-state index contributed by atoms with van der Waals surface area (Å²) in [4.78, 5) is 11.6. The van der Waals surface area contributed by atoms with E-state index in [-0.39, 0.29) is 12.5 Å². The molecule has 2 aromatic rings. The van der Waals surface area contributed by atoms with E-state index in [1.807, 2.05) is 25.1 Å². The Morgan fingerprint density at radius 3 is 2.70 bits per heavy atom. The van der Waals surface area contributed by atoms with Gasteiger partial charge in [0.05, 0.1) is 12.9 Å². The summed E-state index contributed by atoms with van der Waals surface area (Å²) >= 11 is 0. The van der Waals surface area contributed by atoms with Crippen LogP contribution in [0.1, 0.15) is 12.7 Å². The Bertz CT molecular complexity index is 663. The van der Waals surface area contributed by atoms with Crippen LogP contribution in [0.4, 0.5) is 0 Å². The van der Waals surface area contributed by atoms with Crippen molar-refractivity contribution < 1.29 is 18.7 Å². The van der Waals surface area contributed by atoms with Crippen LogP contribution in [0.2, 0.25) is 0 Å². The van der Waals surface area contributed by atoms with Crippen LogP contribution in [0, 0.1) is 0 Å². The molecule has 6 heteroatoms. The van der Waals surface area contributed by atoms with E-state index in [1.165, 1.54) is 6.21 Å². The van der Waals surface area contributed by atoms with Gasteiger partial charge in [0.25, 0.3) is 5.91 Å². The summed E-state index contributed by atoms with van der Waals surface area (Å²) < 4.78 is 15.9. The number of benzene rings is 1. The van der Waals surface area contributed by atoms with Crippen LogP contribution in [0.25, 0.3) is 6.08 Å².